The molecular formula is C23H26Cl2N6O6. The molecule has 0 saturated carbocycles. The van der Waals surface area contributed by atoms with Crippen LogP contribution in [0, 0.1) is 5.41 Å². The number of carboxylic acids is 1. The molecule has 2 amide bonds. The monoisotopic (exact) mass is 552 g/mol. The van der Waals surface area contributed by atoms with Gasteiger partial charge < -0.3 is 25.8 Å². The first kappa shape index (κ1) is 27.8. The van der Waals surface area contributed by atoms with E-state index >= 15 is 0 Å². The number of H-pyrrole nitrogens is 1. The van der Waals surface area contributed by atoms with Crippen LogP contribution >= 0.6 is 23.2 Å². The number of aliphatic imine (C=N–C) groups is 1. The molecule has 2 aromatic rings. The van der Waals surface area contributed by atoms with Gasteiger partial charge in [0, 0.05) is 47.6 Å². The fraction of sp³-hybridized carbons (Fsp3) is 0.348. The quantitative estimate of drug-likeness (QED) is 0.254. The smallest absolute Gasteiger partial charge is 0.303 e. The molecule has 7 N–H and O–H groups in total. The number of benzene rings is 1. The first-order valence-corrected chi connectivity index (χ1v) is 11.9. The number of anilines is 1. The summed E-state index contributed by atoms with van der Waals surface area (Å²) in [5.41, 5.74) is 4.08. The summed E-state index contributed by atoms with van der Waals surface area (Å²) < 4.78 is 0. The van der Waals surface area contributed by atoms with Gasteiger partial charge in [0.25, 0.3) is 11.5 Å². The van der Waals surface area contributed by atoms with E-state index < -0.39 is 42.1 Å². The molecule has 2 heterocycles. The normalized spacial score (nSPS) is 15.1. The van der Waals surface area contributed by atoms with Crippen LogP contribution in [-0.2, 0) is 9.59 Å². The van der Waals surface area contributed by atoms with Crippen molar-refractivity contribution in [2.75, 3.05) is 18.4 Å². The second-order valence-corrected chi connectivity index (χ2v) is 10.1. The van der Waals surface area contributed by atoms with Crippen LogP contribution < -0.4 is 27.0 Å². The standard InChI is InChI=1S/C23H26Cl2N6O6/c1-23(2)9-27-22(28-10-23)29-16-3-12(8-26-21(16)37)20(36)31-30-17(32)4-11(5-18(33)34)14-6-13(24)7-15(25)19(14)35/h3,6-8,11,35H,4-5,9-10H2,1-2H3,(H,26,37)(H,30,32)(H,31,36)(H,33,34)(H2,27,28,29)/t11-/m0/s1. The minimum Gasteiger partial charge on any atom is -0.506 e. The molecule has 0 spiro atoms. The molecule has 1 aliphatic rings. The Balaban J connectivity index is 1.66. The number of nitrogens with zero attached hydrogens (tertiary/aromatic N) is 1. The van der Waals surface area contributed by atoms with Crippen LogP contribution in [0.5, 0.6) is 5.75 Å². The Kier molecular flexibility index (Phi) is 8.66. The fourth-order valence-corrected chi connectivity index (χ4v) is 4.03. The van der Waals surface area contributed by atoms with Gasteiger partial charge in [-0.3, -0.25) is 35.0 Å². The van der Waals surface area contributed by atoms with E-state index in [4.69, 9.17) is 23.2 Å². The van der Waals surface area contributed by atoms with Gasteiger partial charge in [-0.1, -0.05) is 37.0 Å². The number of carbonyl (C=O) groups excluding carboxylic acids is 2. The van der Waals surface area contributed by atoms with Crippen LogP contribution in [0.4, 0.5) is 5.69 Å². The summed E-state index contributed by atoms with van der Waals surface area (Å²) in [5.74, 6) is -3.67. The van der Waals surface area contributed by atoms with Gasteiger partial charge in [0.05, 0.1) is 17.0 Å². The van der Waals surface area contributed by atoms with Crippen molar-refractivity contribution in [1.29, 1.82) is 0 Å². The van der Waals surface area contributed by atoms with Crippen LogP contribution in [0.15, 0.2) is 34.2 Å². The number of nitrogens with one attached hydrogen (secondary N) is 5. The summed E-state index contributed by atoms with van der Waals surface area (Å²) >= 11 is 11.9. The summed E-state index contributed by atoms with van der Waals surface area (Å²) in [6.45, 7) is 5.28. The first-order valence-electron chi connectivity index (χ1n) is 11.1. The molecule has 0 aliphatic carbocycles. The number of halogens is 2. The summed E-state index contributed by atoms with van der Waals surface area (Å²) in [5, 5.41) is 25.5. The molecule has 198 valence electrons. The minimum atomic E-state index is -1.22. The Bertz CT molecular complexity index is 1310. The molecule has 12 nitrogen and oxygen atoms in total. The highest BCUT2D eigenvalue weighted by molar-refractivity contribution is 6.35. The number of aromatic hydroxyl groups is 1. The first-order chi connectivity index (χ1) is 17.3. The highest BCUT2D eigenvalue weighted by atomic mass is 35.5. The molecule has 0 saturated heterocycles. The lowest BCUT2D eigenvalue weighted by atomic mass is 9.91. The van der Waals surface area contributed by atoms with Gasteiger partial charge in [-0.05, 0) is 18.2 Å². The number of phenolic OH excluding ortho intramolecular Hbond substituents is 1. The maximum absolute atomic E-state index is 12.6. The topological polar surface area (TPSA) is 185 Å². The summed E-state index contributed by atoms with van der Waals surface area (Å²) in [4.78, 5) is 55.4. The van der Waals surface area contributed by atoms with Crippen molar-refractivity contribution in [3.63, 3.8) is 0 Å². The average Bonchev–Trinajstić information content (AvgIpc) is 2.81. The molecule has 1 aromatic heterocycles. The number of aromatic nitrogens is 1. The maximum Gasteiger partial charge on any atom is 0.303 e. The zero-order chi connectivity index (χ0) is 27.3. The Morgan fingerprint density at radius 2 is 1.89 bits per heavy atom. The van der Waals surface area contributed by atoms with Crippen LogP contribution in [0.25, 0.3) is 0 Å². The molecule has 1 aromatic carbocycles. The lowest BCUT2D eigenvalue weighted by Crippen LogP contribution is -2.45. The highest BCUT2D eigenvalue weighted by Gasteiger charge is 2.25. The van der Waals surface area contributed by atoms with Gasteiger partial charge in [-0.15, -0.1) is 0 Å². The van der Waals surface area contributed by atoms with Crippen LogP contribution in [0.2, 0.25) is 10.0 Å². The summed E-state index contributed by atoms with van der Waals surface area (Å²) in [7, 11) is 0. The van der Waals surface area contributed by atoms with Crippen LogP contribution in [-0.4, -0.2) is 52.0 Å². The number of pyridine rings is 1. The fourth-order valence-electron chi connectivity index (χ4n) is 3.52. The molecule has 0 bridgehead atoms. The van der Waals surface area contributed by atoms with Crippen molar-refractivity contribution in [3.8, 4) is 5.75 Å². The molecule has 0 fully saturated rings. The number of amides is 2. The molecule has 0 unspecified atom stereocenters. The van der Waals surface area contributed by atoms with Gasteiger partial charge >= 0.3 is 5.97 Å². The second kappa shape index (κ2) is 11.5. The van der Waals surface area contributed by atoms with Gasteiger partial charge in [0.2, 0.25) is 5.91 Å². The van der Waals surface area contributed by atoms with Crippen LogP contribution in [0.1, 0.15) is 48.5 Å². The molecular weight excluding hydrogens is 527 g/mol. The Morgan fingerprint density at radius 3 is 2.54 bits per heavy atom. The lowest BCUT2D eigenvalue weighted by Gasteiger charge is -2.29. The number of aliphatic carboxylic acids is 1. The van der Waals surface area contributed by atoms with Crippen molar-refractivity contribution in [3.05, 3.63) is 55.9 Å². The molecule has 3 rings (SSSR count). The molecule has 14 heteroatoms. The Hall–Kier alpha value is -3.77. The molecule has 0 radical (unpaired) electrons. The number of hydrazine groups is 1. The van der Waals surface area contributed by atoms with Gasteiger partial charge in [0.1, 0.15) is 11.4 Å². The third-order valence-corrected chi connectivity index (χ3v) is 5.99. The van der Waals surface area contributed by atoms with E-state index in [9.17, 15) is 29.4 Å². The number of phenols is 1. The van der Waals surface area contributed by atoms with Gasteiger partial charge in [0.15, 0.2) is 5.96 Å². The van der Waals surface area contributed by atoms with Crippen molar-refractivity contribution in [2.24, 2.45) is 10.4 Å². The number of carboxylic acid groups (broad SMARTS) is 1. The third-order valence-electron chi connectivity index (χ3n) is 5.48. The number of guanidine groups is 1. The van der Waals surface area contributed by atoms with Crippen LogP contribution in [0.3, 0.4) is 0 Å². The minimum absolute atomic E-state index is 0.0282. The number of aromatic amines is 1. The third kappa shape index (κ3) is 7.61. The molecule has 1 aliphatic heterocycles. The zero-order valence-corrected chi connectivity index (χ0v) is 21.5. The molecule has 37 heavy (non-hydrogen) atoms. The van der Waals surface area contributed by atoms with Gasteiger partial charge in [-0.25, -0.2) is 0 Å². The molecule has 1 atom stereocenters. The predicted molar refractivity (Wildman–Crippen MR) is 138 cm³/mol. The van der Waals surface area contributed by atoms with E-state index in [0.717, 1.165) is 0 Å². The number of hydrogen-bond acceptors (Lipinski definition) is 8. The second-order valence-electron chi connectivity index (χ2n) is 9.27. The zero-order valence-electron chi connectivity index (χ0n) is 19.9. The van der Waals surface area contributed by atoms with E-state index in [-0.39, 0.29) is 38.0 Å². The lowest BCUT2D eigenvalue weighted by molar-refractivity contribution is -0.137. The summed E-state index contributed by atoms with van der Waals surface area (Å²) in [6.07, 6.45) is 0.264. The van der Waals surface area contributed by atoms with E-state index in [1.165, 1.54) is 24.4 Å². The van der Waals surface area contributed by atoms with Crippen molar-refractivity contribution in [1.82, 2.24) is 21.2 Å². The van der Waals surface area contributed by atoms with E-state index in [1.807, 2.05) is 13.8 Å². The maximum atomic E-state index is 12.6. The highest BCUT2D eigenvalue weighted by Crippen LogP contribution is 2.38. The number of rotatable bonds is 7. The van der Waals surface area contributed by atoms with Crippen molar-refractivity contribution in [2.45, 2.75) is 32.6 Å². The number of hydrogen-bond donors (Lipinski definition) is 7. The Morgan fingerprint density at radius 1 is 1.16 bits per heavy atom. The predicted octanol–water partition coefficient (Wildman–Crippen LogP) is 2.19. The van der Waals surface area contributed by atoms with E-state index in [1.54, 1.807) is 0 Å². The number of carbonyl (C=O) groups is 3. The summed E-state index contributed by atoms with van der Waals surface area (Å²) in [6, 6.07) is 3.90. The van der Waals surface area contributed by atoms with Crippen molar-refractivity contribution < 1.29 is 24.6 Å². The Labute approximate surface area is 221 Å². The van der Waals surface area contributed by atoms with Gasteiger partial charge in [-0.2, -0.15) is 0 Å². The largest absolute Gasteiger partial charge is 0.506 e. The average molecular weight is 553 g/mol. The van der Waals surface area contributed by atoms with E-state index in [2.05, 4.69) is 31.5 Å². The van der Waals surface area contributed by atoms with E-state index in [0.29, 0.717) is 19.0 Å². The van der Waals surface area contributed by atoms with Crippen molar-refractivity contribution >= 4 is 52.6 Å². The SMILES string of the molecule is CC1(C)CN=C(Nc2cc(C(=O)NNC(=O)C[C@@H](CC(=O)O)c3cc(Cl)cc(Cl)c3O)c[nH]c2=O)NC1.